The molecule has 0 aromatic carbocycles. The second-order valence-electron chi connectivity index (χ2n) is 7.84. The number of nitrogens with one attached hydrogen (secondary N) is 2. The highest BCUT2D eigenvalue weighted by atomic mass is 32.1. The van der Waals surface area contributed by atoms with Gasteiger partial charge < -0.3 is 20.5 Å². The molecule has 0 bridgehead atoms. The van der Waals surface area contributed by atoms with E-state index in [-0.39, 0.29) is 42.3 Å². The largest absolute Gasteiger partial charge is 0.483 e. The normalized spacial score (nSPS) is 23.1. The molecule has 0 unspecified atom stereocenters. The first-order chi connectivity index (χ1) is 14.5. The molecule has 3 N–H and O–H groups in total. The van der Waals surface area contributed by atoms with Gasteiger partial charge in [-0.15, -0.1) is 11.3 Å². The zero-order chi connectivity index (χ0) is 21.9. The molecule has 2 fully saturated rings. The molecule has 2 saturated carbocycles. The third-order valence-corrected chi connectivity index (χ3v) is 6.30. The maximum absolute atomic E-state index is 12.6. The summed E-state index contributed by atoms with van der Waals surface area (Å²) in [7, 11) is 0. The van der Waals surface area contributed by atoms with Crippen molar-refractivity contribution in [2.45, 2.75) is 70.9 Å². The molecule has 2 amide bonds. The van der Waals surface area contributed by atoms with E-state index in [4.69, 9.17) is 14.6 Å². The number of hydrogen-bond donors (Lipinski definition) is 3. The quantitative estimate of drug-likeness (QED) is 0.508. The van der Waals surface area contributed by atoms with Crippen LogP contribution in [-0.4, -0.2) is 53.7 Å². The Morgan fingerprint density at radius 2 is 1.97 bits per heavy atom. The lowest BCUT2D eigenvalue weighted by atomic mass is 9.83. The molecule has 0 aliphatic heterocycles. The summed E-state index contributed by atoms with van der Waals surface area (Å²) in [6, 6.07) is -0.0595. The van der Waals surface area contributed by atoms with Crippen molar-refractivity contribution in [3.63, 3.8) is 0 Å². The second kappa shape index (κ2) is 12.6. The third kappa shape index (κ3) is 8.02. The Labute approximate surface area is 181 Å². The highest BCUT2D eigenvalue weighted by molar-refractivity contribution is 7.09. The zero-order valence-electron chi connectivity index (χ0n) is 17.8. The number of carbonyl (C=O) groups excluding carboxylic acids is 2. The van der Waals surface area contributed by atoms with Crippen LogP contribution in [0.2, 0.25) is 0 Å². The van der Waals surface area contributed by atoms with E-state index in [2.05, 4.69) is 22.5 Å². The fourth-order valence-electron chi connectivity index (χ4n) is 3.60. The molecule has 0 spiro atoms. The summed E-state index contributed by atoms with van der Waals surface area (Å²) in [6.07, 6.45) is 6.01. The van der Waals surface area contributed by atoms with Crippen molar-refractivity contribution in [2.75, 3.05) is 13.2 Å². The van der Waals surface area contributed by atoms with Crippen LogP contribution < -0.4 is 10.6 Å². The van der Waals surface area contributed by atoms with Gasteiger partial charge in [0.15, 0.2) is 0 Å². The standard InChI is InChI=1S/C20H31N3O3S.CH2O2/c1-3-10-26-17-7-6-15(11-16(17)23-20(25)14-4-5-14)19(24)21-9-8-18-22-13(2)12-27-18;2-1-3/h12,14-17H,3-11H2,1-2H3,(H,21,24)(H,23,25);1H,(H,2,3)/t15-,16+,17+;/m0./s1. The third-order valence-electron chi connectivity index (χ3n) is 5.27. The summed E-state index contributed by atoms with van der Waals surface area (Å²) in [5.74, 6) is 0.329. The van der Waals surface area contributed by atoms with Crippen LogP contribution >= 0.6 is 11.3 Å². The van der Waals surface area contributed by atoms with Crippen LogP contribution in [0, 0.1) is 18.8 Å². The zero-order valence-corrected chi connectivity index (χ0v) is 18.6. The number of ether oxygens (including phenoxy) is 1. The van der Waals surface area contributed by atoms with Gasteiger partial charge in [0, 0.05) is 42.5 Å². The first kappa shape index (κ1) is 24.3. The molecule has 1 aromatic rings. The lowest BCUT2D eigenvalue weighted by Gasteiger charge is -2.36. The Morgan fingerprint density at radius 1 is 1.27 bits per heavy atom. The summed E-state index contributed by atoms with van der Waals surface area (Å²) in [5.41, 5.74) is 1.03. The van der Waals surface area contributed by atoms with Gasteiger partial charge in [-0.1, -0.05) is 6.92 Å². The molecule has 0 saturated heterocycles. The van der Waals surface area contributed by atoms with Crippen LogP contribution in [0.3, 0.4) is 0 Å². The Bertz CT molecular complexity index is 692. The molecule has 2 aliphatic carbocycles. The van der Waals surface area contributed by atoms with Gasteiger partial charge in [0.05, 0.1) is 17.2 Å². The molecule has 9 heteroatoms. The van der Waals surface area contributed by atoms with Crippen molar-refractivity contribution in [1.82, 2.24) is 15.6 Å². The van der Waals surface area contributed by atoms with Crippen molar-refractivity contribution < 1.29 is 24.2 Å². The molecule has 3 rings (SSSR count). The average molecular weight is 440 g/mol. The molecule has 1 heterocycles. The molecular formula is C21H33N3O5S. The lowest BCUT2D eigenvalue weighted by Crippen LogP contribution is -2.51. The minimum Gasteiger partial charge on any atom is -0.483 e. The molecule has 30 heavy (non-hydrogen) atoms. The van der Waals surface area contributed by atoms with Gasteiger partial charge >= 0.3 is 0 Å². The number of carbonyl (C=O) groups is 3. The predicted molar refractivity (Wildman–Crippen MR) is 114 cm³/mol. The average Bonchev–Trinajstić information content (AvgIpc) is 3.50. The minimum absolute atomic E-state index is 0.0231. The van der Waals surface area contributed by atoms with E-state index in [1.54, 1.807) is 11.3 Å². The smallest absolute Gasteiger partial charge is 0.290 e. The van der Waals surface area contributed by atoms with Crippen LogP contribution in [0.15, 0.2) is 5.38 Å². The fourth-order valence-corrected chi connectivity index (χ4v) is 4.38. The molecule has 3 atom stereocenters. The summed E-state index contributed by atoms with van der Waals surface area (Å²) < 4.78 is 5.96. The van der Waals surface area contributed by atoms with Gasteiger partial charge in [-0.3, -0.25) is 14.4 Å². The maximum Gasteiger partial charge on any atom is 0.290 e. The number of aromatic nitrogens is 1. The van der Waals surface area contributed by atoms with E-state index in [1.807, 2.05) is 12.3 Å². The summed E-state index contributed by atoms with van der Waals surface area (Å²) in [6.45, 7) is 5.12. The van der Waals surface area contributed by atoms with Crippen molar-refractivity contribution in [1.29, 1.82) is 0 Å². The maximum atomic E-state index is 12.6. The van der Waals surface area contributed by atoms with E-state index in [1.165, 1.54) is 0 Å². The number of thiazole rings is 1. The number of carboxylic acid groups (broad SMARTS) is 1. The van der Waals surface area contributed by atoms with Crippen LogP contribution in [0.4, 0.5) is 0 Å². The van der Waals surface area contributed by atoms with Crippen molar-refractivity contribution >= 4 is 29.6 Å². The fraction of sp³-hybridized carbons (Fsp3) is 0.714. The number of hydrogen-bond acceptors (Lipinski definition) is 6. The van der Waals surface area contributed by atoms with Gasteiger partial charge in [-0.05, 0) is 45.4 Å². The lowest BCUT2D eigenvalue weighted by molar-refractivity contribution is -0.130. The molecule has 168 valence electrons. The highest BCUT2D eigenvalue weighted by Gasteiger charge is 2.38. The van der Waals surface area contributed by atoms with Gasteiger partial charge in [0.1, 0.15) is 0 Å². The minimum atomic E-state index is -0.250. The number of aryl methyl sites for hydroxylation is 1. The Morgan fingerprint density at radius 3 is 2.57 bits per heavy atom. The molecule has 8 nitrogen and oxygen atoms in total. The van der Waals surface area contributed by atoms with E-state index in [0.29, 0.717) is 19.6 Å². The topological polar surface area (TPSA) is 118 Å². The van der Waals surface area contributed by atoms with Crippen LogP contribution in [0.1, 0.15) is 56.2 Å². The molecule has 0 radical (unpaired) electrons. The van der Waals surface area contributed by atoms with Gasteiger partial charge in [-0.2, -0.15) is 0 Å². The Balaban J connectivity index is 0.00000101. The van der Waals surface area contributed by atoms with E-state index < -0.39 is 0 Å². The Hall–Kier alpha value is -2.00. The number of amides is 2. The molecular weight excluding hydrogens is 406 g/mol. The predicted octanol–water partition coefficient (Wildman–Crippen LogP) is 2.30. The highest BCUT2D eigenvalue weighted by Crippen LogP contribution is 2.31. The van der Waals surface area contributed by atoms with E-state index in [9.17, 15) is 9.59 Å². The van der Waals surface area contributed by atoms with Crippen molar-refractivity contribution in [2.24, 2.45) is 11.8 Å². The SMILES string of the molecule is CCCO[C@@H]1CC[C@H](C(=O)NCCc2nc(C)cs2)C[C@H]1NC(=O)C1CC1.O=CO. The number of rotatable bonds is 9. The second-order valence-corrected chi connectivity index (χ2v) is 8.78. The molecule has 2 aliphatic rings. The van der Waals surface area contributed by atoms with Crippen LogP contribution in [0.5, 0.6) is 0 Å². The molecule has 1 aromatic heterocycles. The summed E-state index contributed by atoms with van der Waals surface area (Å²) in [4.78, 5) is 37.6. The van der Waals surface area contributed by atoms with Crippen LogP contribution in [0.25, 0.3) is 0 Å². The first-order valence-electron chi connectivity index (χ1n) is 10.7. The van der Waals surface area contributed by atoms with Crippen molar-refractivity contribution in [3.05, 3.63) is 16.1 Å². The first-order valence-corrected chi connectivity index (χ1v) is 11.5. The monoisotopic (exact) mass is 439 g/mol. The number of nitrogens with zero attached hydrogens (tertiary/aromatic N) is 1. The summed E-state index contributed by atoms with van der Waals surface area (Å²) >= 11 is 1.63. The van der Waals surface area contributed by atoms with Gasteiger partial charge in [0.25, 0.3) is 6.47 Å². The van der Waals surface area contributed by atoms with E-state index >= 15 is 0 Å². The van der Waals surface area contributed by atoms with Gasteiger partial charge in [-0.25, -0.2) is 4.98 Å². The Kier molecular flexibility index (Phi) is 10.2. The van der Waals surface area contributed by atoms with Crippen molar-refractivity contribution in [3.8, 4) is 0 Å². The van der Waals surface area contributed by atoms with Gasteiger partial charge in [0.2, 0.25) is 11.8 Å². The van der Waals surface area contributed by atoms with E-state index in [0.717, 1.165) is 49.2 Å². The van der Waals surface area contributed by atoms with Crippen LogP contribution in [-0.2, 0) is 25.5 Å². The summed E-state index contributed by atoms with van der Waals surface area (Å²) in [5, 5.41) is 16.2.